The van der Waals surface area contributed by atoms with Crippen molar-refractivity contribution in [3.05, 3.63) is 39.9 Å². The van der Waals surface area contributed by atoms with Crippen molar-refractivity contribution in [3.8, 4) is 6.07 Å². The summed E-state index contributed by atoms with van der Waals surface area (Å²) in [6.07, 6.45) is 4.06. The molecule has 1 aromatic carbocycles. The Hall–Kier alpha value is -2.56. The third-order valence-corrected chi connectivity index (χ3v) is 5.54. The van der Waals surface area contributed by atoms with E-state index in [0.717, 1.165) is 0 Å². The van der Waals surface area contributed by atoms with Gasteiger partial charge in [-0.3, -0.25) is 14.4 Å². The first-order valence-electron chi connectivity index (χ1n) is 10.4. The molecule has 1 aliphatic heterocycles. The second kappa shape index (κ2) is 11.3. The van der Waals surface area contributed by atoms with Crippen LogP contribution < -0.4 is 16.0 Å². The topological polar surface area (TPSA) is 111 Å². The van der Waals surface area contributed by atoms with Crippen LogP contribution in [0.2, 0.25) is 10.0 Å². The highest BCUT2D eigenvalue weighted by atomic mass is 35.5. The molecule has 0 bridgehead atoms. The van der Waals surface area contributed by atoms with Crippen LogP contribution in [0.4, 0.5) is 0 Å². The molecule has 0 aromatic heterocycles. The Morgan fingerprint density at radius 3 is 2.59 bits per heavy atom. The molecule has 2 rings (SSSR count). The van der Waals surface area contributed by atoms with Gasteiger partial charge >= 0.3 is 0 Å². The van der Waals surface area contributed by atoms with Crippen molar-refractivity contribution in [1.82, 2.24) is 16.0 Å². The number of amides is 3. The molecule has 2 unspecified atom stereocenters. The zero-order valence-electron chi connectivity index (χ0n) is 18.4. The largest absolute Gasteiger partial charge is 0.356 e. The second-order valence-corrected chi connectivity index (χ2v) is 9.87. The summed E-state index contributed by atoms with van der Waals surface area (Å²) in [6.45, 7) is 6.43. The van der Waals surface area contributed by atoms with Crippen LogP contribution >= 0.6 is 23.2 Å². The number of rotatable bonds is 8. The molecule has 3 atom stereocenters. The summed E-state index contributed by atoms with van der Waals surface area (Å²) in [4.78, 5) is 37.2. The third-order valence-electron chi connectivity index (χ3n) is 4.98. The smallest absolute Gasteiger partial charge is 0.244 e. The van der Waals surface area contributed by atoms with Gasteiger partial charge in [-0.1, -0.05) is 50.0 Å². The molecule has 0 aliphatic carbocycles. The zero-order chi connectivity index (χ0) is 23.9. The Morgan fingerprint density at radius 1 is 1.31 bits per heavy atom. The summed E-state index contributed by atoms with van der Waals surface area (Å²) in [5.41, 5.74) is 0.355. The van der Waals surface area contributed by atoms with Crippen LogP contribution in [0, 0.1) is 22.7 Å². The number of halogens is 2. The fourth-order valence-electron chi connectivity index (χ4n) is 3.41. The first-order valence-corrected chi connectivity index (χ1v) is 11.2. The molecule has 32 heavy (non-hydrogen) atoms. The van der Waals surface area contributed by atoms with Crippen LogP contribution in [0.25, 0.3) is 6.08 Å². The van der Waals surface area contributed by atoms with Crippen molar-refractivity contribution >= 4 is 47.0 Å². The second-order valence-electron chi connectivity index (χ2n) is 9.03. The van der Waals surface area contributed by atoms with E-state index in [4.69, 9.17) is 23.2 Å². The molecule has 1 aromatic rings. The Balaban J connectivity index is 2.06. The van der Waals surface area contributed by atoms with E-state index in [-0.39, 0.29) is 23.7 Å². The lowest BCUT2D eigenvalue weighted by Gasteiger charge is -2.27. The van der Waals surface area contributed by atoms with Crippen LogP contribution in [0.3, 0.4) is 0 Å². The molecule has 3 N–H and O–H groups in total. The lowest BCUT2D eigenvalue weighted by atomic mass is 9.87. The van der Waals surface area contributed by atoms with Gasteiger partial charge in [0.25, 0.3) is 0 Å². The number of carbonyl (C=O) groups is 3. The van der Waals surface area contributed by atoms with Crippen molar-refractivity contribution in [2.75, 3.05) is 6.54 Å². The van der Waals surface area contributed by atoms with Gasteiger partial charge in [-0.05, 0) is 48.4 Å². The fraction of sp³-hybridized carbons (Fsp3) is 0.478. The van der Waals surface area contributed by atoms with E-state index >= 15 is 0 Å². The number of hydrogen-bond acceptors (Lipinski definition) is 4. The molecule has 1 aliphatic rings. The SMILES string of the molecule is CC(C)(C)CC(NC(=O)/C=C/c1ccc(Cl)cc1Cl)C(=O)NC(C#N)C[C@@H]1CCNC1=O. The van der Waals surface area contributed by atoms with E-state index < -0.39 is 23.9 Å². The Bertz CT molecular complexity index is 934. The number of nitriles is 1. The molecule has 1 fully saturated rings. The van der Waals surface area contributed by atoms with E-state index in [0.29, 0.717) is 35.0 Å². The van der Waals surface area contributed by atoms with Crippen LogP contribution in [0.15, 0.2) is 24.3 Å². The molecule has 0 radical (unpaired) electrons. The highest BCUT2D eigenvalue weighted by Gasteiger charge is 2.31. The van der Waals surface area contributed by atoms with E-state index in [9.17, 15) is 19.6 Å². The maximum absolute atomic E-state index is 12.9. The standard InChI is InChI=1S/C23H28Cl2N4O3/c1-23(2,3)12-19(22(32)28-17(13-26)10-15-8-9-27-21(15)31)29-20(30)7-5-14-4-6-16(24)11-18(14)25/h4-7,11,15,17,19H,8-10,12H2,1-3H3,(H,27,31)(H,28,32)(H,29,30)/b7-5+/t15-,17?,19?/m0/s1. The van der Waals surface area contributed by atoms with Crippen LogP contribution in [-0.4, -0.2) is 36.3 Å². The molecule has 3 amide bonds. The Morgan fingerprint density at radius 2 is 2.03 bits per heavy atom. The molecular formula is C23H28Cl2N4O3. The number of nitrogens with zero attached hydrogens (tertiary/aromatic N) is 1. The average molecular weight is 479 g/mol. The number of carbonyl (C=O) groups excluding carboxylic acids is 3. The Labute approximate surface area is 198 Å². The quantitative estimate of drug-likeness (QED) is 0.496. The molecule has 1 saturated heterocycles. The van der Waals surface area contributed by atoms with Gasteiger partial charge in [-0.15, -0.1) is 0 Å². The van der Waals surface area contributed by atoms with Gasteiger partial charge in [-0.25, -0.2) is 0 Å². The molecule has 0 spiro atoms. The van der Waals surface area contributed by atoms with Gasteiger partial charge in [-0.2, -0.15) is 5.26 Å². The number of hydrogen-bond donors (Lipinski definition) is 3. The predicted octanol–water partition coefficient (Wildman–Crippen LogP) is 3.46. The molecule has 172 valence electrons. The number of nitrogens with one attached hydrogen (secondary N) is 3. The average Bonchev–Trinajstić information content (AvgIpc) is 3.09. The highest BCUT2D eigenvalue weighted by molar-refractivity contribution is 6.35. The van der Waals surface area contributed by atoms with Crippen LogP contribution in [0.1, 0.15) is 45.6 Å². The summed E-state index contributed by atoms with van der Waals surface area (Å²) >= 11 is 12.0. The number of benzene rings is 1. The minimum atomic E-state index is -0.846. The van der Waals surface area contributed by atoms with Gasteiger partial charge < -0.3 is 16.0 Å². The molecule has 7 nitrogen and oxygen atoms in total. The summed E-state index contributed by atoms with van der Waals surface area (Å²) < 4.78 is 0. The predicted molar refractivity (Wildman–Crippen MR) is 125 cm³/mol. The maximum atomic E-state index is 12.9. The van der Waals surface area contributed by atoms with Crippen LogP contribution in [0.5, 0.6) is 0 Å². The van der Waals surface area contributed by atoms with Crippen molar-refractivity contribution in [1.29, 1.82) is 5.26 Å². The minimum absolute atomic E-state index is 0.106. The van der Waals surface area contributed by atoms with Crippen molar-refractivity contribution < 1.29 is 14.4 Å². The Kier molecular flexibility index (Phi) is 9.11. The van der Waals surface area contributed by atoms with E-state index in [1.165, 1.54) is 12.2 Å². The van der Waals surface area contributed by atoms with Gasteiger partial charge in [0.2, 0.25) is 17.7 Å². The van der Waals surface area contributed by atoms with Gasteiger partial charge in [0.05, 0.1) is 6.07 Å². The lowest BCUT2D eigenvalue weighted by Crippen LogP contribution is -2.50. The molecule has 9 heteroatoms. The monoisotopic (exact) mass is 478 g/mol. The molecule has 0 saturated carbocycles. The normalized spacial score (nSPS) is 18.0. The maximum Gasteiger partial charge on any atom is 0.244 e. The van der Waals surface area contributed by atoms with Gasteiger partial charge in [0.1, 0.15) is 12.1 Å². The molecule has 1 heterocycles. The van der Waals surface area contributed by atoms with Crippen molar-refractivity contribution in [2.24, 2.45) is 11.3 Å². The first kappa shape index (κ1) is 25.7. The minimum Gasteiger partial charge on any atom is -0.356 e. The first-order chi connectivity index (χ1) is 15.0. The van der Waals surface area contributed by atoms with E-state index in [1.807, 2.05) is 26.8 Å². The van der Waals surface area contributed by atoms with E-state index in [2.05, 4.69) is 16.0 Å². The third kappa shape index (κ3) is 8.18. The summed E-state index contributed by atoms with van der Waals surface area (Å²) in [5, 5.41) is 18.5. The zero-order valence-corrected chi connectivity index (χ0v) is 19.9. The summed E-state index contributed by atoms with van der Waals surface area (Å²) in [6, 6.07) is 5.30. The van der Waals surface area contributed by atoms with Crippen molar-refractivity contribution in [3.63, 3.8) is 0 Å². The fourth-order valence-corrected chi connectivity index (χ4v) is 3.89. The van der Waals surface area contributed by atoms with Crippen LogP contribution in [-0.2, 0) is 14.4 Å². The summed E-state index contributed by atoms with van der Waals surface area (Å²) in [5.74, 6) is -1.34. The molecular weight excluding hydrogens is 451 g/mol. The van der Waals surface area contributed by atoms with Gasteiger partial charge in [0.15, 0.2) is 0 Å². The highest BCUT2D eigenvalue weighted by Crippen LogP contribution is 2.23. The lowest BCUT2D eigenvalue weighted by molar-refractivity contribution is -0.128. The van der Waals surface area contributed by atoms with Gasteiger partial charge in [0, 0.05) is 28.6 Å². The summed E-state index contributed by atoms with van der Waals surface area (Å²) in [7, 11) is 0. The van der Waals surface area contributed by atoms with Crippen molar-refractivity contribution in [2.45, 2.75) is 52.1 Å². The van der Waals surface area contributed by atoms with E-state index in [1.54, 1.807) is 18.2 Å².